The van der Waals surface area contributed by atoms with Crippen LogP contribution in [0.3, 0.4) is 0 Å². The summed E-state index contributed by atoms with van der Waals surface area (Å²) < 4.78 is 0. The Kier molecular flexibility index (Phi) is 4.72. The fourth-order valence-electron chi connectivity index (χ4n) is 2.45. The van der Waals surface area contributed by atoms with Gasteiger partial charge in [0.05, 0.1) is 28.4 Å². The van der Waals surface area contributed by atoms with Crippen LogP contribution in [0, 0.1) is 11.3 Å². The molecule has 0 saturated heterocycles. The van der Waals surface area contributed by atoms with E-state index in [1.54, 1.807) is 12.3 Å². The second-order valence-corrected chi connectivity index (χ2v) is 5.46. The average molecular weight is 343 g/mol. The molecule has 6 heteroatoms. The number of carbonyl (C=O) groups excluding carboxylic acids is 1. The Morgan fingerprint density at radius 2 is 1.77 bits per heavy atom. The van der Waals surface area contributed by atoms with Gasteiger partial charge in [0.25, 0.3) is 5.91 Å². The molecule has 1 amide bonds. The fraction of sp³-hybridized carbons (Fsp3) is 0. The van der Waals surface area contributed by atoms with E-state index in [-0.39, 0.29) is 16.8 Å². The molecule has 3 rings (SSSR count). The number of nitrogens with one attached hydrogen (secondary N) is 1. The van der Waals surface area contributed by atoms with Crippen molar-refractivity contribution >= 4 is 17.6 Å². The quantitative estimate of drug-likeness (QED) is 0.754. The van der Waals surface area contributed by atoms with E-state index in [0.29, 0.717) is 5.56 Å². The number of nitrogens with zero attached hydrogens (tertiary/aromatic N) is 2. The molecule has 0 aliphatic carbocycles. The van der Waals surface area contributed by atoms with Gasteiger partial charge >= 0.3 is 5.97 Å². The van der Waals surface area contributed by atoms with E-state index in [1.165, 1.54) is 24.4 Å². The van der Waals surface area contributed by atoms with Gasteiger partial charge < -0.3 is 10.4 Å². The number of pyridine rings is 1. The van der Waals surface area contributed by atoms with Crippen LogP contribution in [-0.2, 0) is 0 Å². The molecular formula is C20H13N3O3. The SMILES string of the molecule is N#Cc1ccc(NC(=O)c2cncc(-c3ccccc3)c2)c(C(=O)O)c1. The molecule has 0 saturated carbocycles. The standard InChI is InChI=1S/C20H13N3O3/c21-10-13-6-7-18(17(8-13)20(25)26)23-19(24)16-9-15(11-22-12-16)14-4-2-1-3-5-14/h1-9,11-12H,(H,23,24)(H,25,26). The Balaban J connectivity index is 1.90. The molecule has 0 fully saturated rings. The van der Waals surface area contributed by atoms with Crippen molar-refractivity contribution in [2.75, 3.05) is 5.32 Å². The van der Waals surface area contributed by atoms with E-state index < -0.39 is 11.9 Å². The maximum atomic E-state index is 12.5. The molecule has 3 aromatic rings. The molecule has 0 aliphatic rings. The lowest BCUT2D eigenvalue weighted by molar-refractivity contribution is 0.0698. The van der Waals surface area contributed by atoms with Crippen LogP contribution in [0.5, 0.6) is 0 Å². The number of amides is 1. The highest BCUT2D eigenvalue weighted by molar-refractivity contribution is 6.08. The van der Waals surface area contributed by atoms with Crippen LogP contribution in [0.25, 0.3) is 11.1 Å². The Labute approximate surface area is 149 Å². The zero-order valence-electron chi connectivity index (χ0n) is 13.5. The number of carboxylic acids is 1. The summed E-state index contributed by atoms with van der Waals surface area (Å²) in [6.07, 6.45) is 3.06. The van der Waals surface area contributed by atoms with Crippen molar-refractivity contribution in [1.82, 2.24) is 4.98 Å². The number of nitriles is 1. The first kappa shape index (κ1) is 16.9. The van der Waals surface area contributed by atoms with E-state index in [1.807, 2.05) is 36.4 Å². The molecule has 2 aromatic carbocycles. The van der Waals surface area contributed by atoms with Crippen LogP contribution < -0.4 is 5.32 Å². The van der Waals surface area contributed by atoms with Gasteiger partial charge in [0.1, 0.15) is 0 Å². The molecule has 2 N–H and O–H groups in total. The van der Waals surface area contributed by atoms with E-state index in [2.05, 4.69) is 10.3 Å². The fourth-order valence-corrected chi connectivity index (χ4v) is 2.45. The second kappa shape index (κ2) is 7.28. The Bertz CT molecular complexity index is 1020. The highest BCUT2D eigenvalue weighted by Crippen LogP contribution is 2.21. The van der Waals surface area contributed by atoms with Crippen LogP contribution in [0.15, 0.2) is 67.0 Å². The maximum absolute atomic E-state index is 12.5. The highest BCUT2D eigenvalue weighted by atomic mass is 16.4. The number of benzene rings is 2. The lowest BCUT2D eigenvalue weighted by Gasteiger charge is -2.09. The molecule has 0 atom stereocenters. The summed E-state index contributed by atoms with van der Waals surface area (Å²) in [6.45, 7) is 0. The highest BCUT2D eigenvalue weighted by Gasteiger charge is 2.15. The first-order chi connectivity index (χ1) is 12.6. The summed E-state index contributed by atoms with van der Waals surface area (Å²) in [4.78, 5) is 28.0. The van der Waals surface area contributed by atoms with Gasteiger partial charge in [0, 0.05) is 18.0 Å². The van der Waals surface area contributed by atoms with Crippen molar-refractivity contribution in [2.24, 2.45) is 0 Å². The summed E-state index contributed by atoms with van der Waals surface area (Å²) >= 11 is 0. The number of aromatic carboxylic acids is 1. The van der Waals surface area contributed by atoms with Crippen LogP contribution in [0.4, 0.5) is 5.69 Å². The minimum atomic E-state index is -1.23. The minimum absolute atomic E-state index is 0.117. The Morgan fingerprint density at radius 3 is 2.46 bits per heavy atom. The zero-order valence-corrected chi connectivity index (χ0v) is 13.5. The maximum Gasteiger partial charge on any atom is 0.337 e. The van der Waals surface area contributed by atoms with Gasteiger partial charge in [-0.3, -0.25) is 9.78 Å². The van der Waals surface area contributed by atoms with Crippen molar-refractivity contribution < 1.29 is 14.7 Å². The third-order valence-corrected chi connectivity index (χ3v) is 3.73. The number of carbonyl (C=O) groups is 2. The molecular weight excluding hydrogens is 330 g/mol. The zero-order chi connectivity index (χ0) is 18.5. The smallest absolute Gasteiger partial charge is 0.337 e. The predicted octanol–water partition coefficient (Wildman–Crippen LogP) is 3.57. The monoisotopic (exact) mass is 343 g/mol. The molecule has 0 spiro atoms. The molecule has 26 heavy (non-hydrogen) atoms. The summed E-state index contributed by atoms with van der Waals surface area (Å²) in [5, 5.41) is 20.8. The molecule has 0 radical (unpaired) electrons. The average Bonchev–Trinajstić information content (AvgIpc) is 2.69. The summed E-state index contributed by atoms with van der Waals surface area (Å²) in [7, 11) is 0. The molecule has 0 aliphatic heterocycles. The number of carboxylic acid groups (broad SMARTS) is 1. The largest absolute Gasteiger partial charge is 0.478 e. The van der Waals surface area contributed by atoms with Gasteiger partial charge in [-0.1, -0.05) is 30.3 Å². The summed E-state index contributed by atoms with van der Waals surface area (Å²) in [5.41, 5.74) is 2.16. The van der Waals surface area contributed by atoms with Crippen molar-refractivity contribution in [3.63, 3.8) is 0 Å². The van der Waals surface area contributed by atoms with Gasteiger partial charge in [-0.25, -0.2) is 4.79 Å². The lowest BCUT2D eigenvalue weighted by Crippen LogP contribution is -2.15. The molecule has 6 nitrogen and oxygen atoms in total. The van der Waals surface area contributed by atoms with E-state index in [9.17, 15) is 14.7 Å². The Hall–Kier alpha value is -3.98. The third-order valence-electron chi connectivity index (χ3n) is 3.73. The number of hydrogen-bond acceptors (Lipinski definition) is 4. The number of anilines is 1. The van der Waals surface area contributed by atoms with Crippen LogP contribution >= 0.6 is 0 Å². The van der Waals surface area contributed by atoms with Gasteiger partial charge in [-0.15, -0.1) is 0 Å². The third kappa shape index (κ3) is 3.57. The van der Waals surface area contributed by atoms with E-state index >= 15 is 0 Å². The van der Waals surface area contributed by atoms with Crippen LogP contribution in [0.2, 0.25) is 0 Å². The molecule has 0 bridgehead atoms. The minimum Gasteiger partial charge on any atom is -0.478 e. The lowest BCUT2D eigenvalue weighted by atomic mass is 10.1. The van der Waals surface area contributed by atoms with Gasteiger partial charge in [-0.05, 0) is 29.8 Å². The predicted molar refractivity (Wildman–Crippen MR) is 95.7 cm³/mol. The normalized spacial score (nSPS) is 9.96. The van der Waals surface area contributed by atoms with Crippen LogP contribution in [-0.4, -0.2) is 22.0 Å². The molecule has 1 heterocycles. The van der Waals surface area contributed by atoms with E-state index in [4.69, 9.17) is 5.26 Å². The molecule has 126 valence electrons. The molecule has 1 aromatic heterocycles. The summed E-state index contributed by atoms with van der Waals surface area (Å²) in [5.74, 6) is -1.71. The second-order valence-electron chi connectivity index (χ2n) is 5.46. The Morgan fingerprint density at radius 1 is 1.00 bits per heavy atom. The van der Waals surface area contributed by atoms with Crippen molar-refractivity contribution in [3.05, 3.63) is 83.7 Å². The summed E-state index contributed by atoms with van der Waals surface area (Å²) in [6, 6.07) is 17.1. The first-order valence-electron chi connectivity index (χ1n) is 7.68. The van der Waals surface area contributed by atoms with E-state index in [0.717, 1.165) is 11.1 Å². The molecule has 0 unspecified atom stereocenters. The van der Waals surface area contributed by atoms with Crippen molar-refractivity contribution in [3.8, 4) is 17.2 Å². The topological polar surface area (TPSA) is 103 Å². The van der Waals surface area contributed by atoms with Gasteiger partial charge in [0.2, 0.25) is 0 Å². The van der Waals surface area contributed by atoms with Crippen molar-refractivity contribution in [2.45, 2.75) is 0 Å². The number of hydrogen-bond donors (Lipinski definition) is 2. The van der Waals surface area contributed by atoms with Crippen LogP contribution in [0.1, 0.15) is 26.3 Å². The first-order valence-corrected chi connectivity index (χ1v) is 7.68. The van der Waals surface area contributed by atoms with Crippen molar-refractivity contribution in [1.29, 1.82) is 5.26 Å². The van der Waals surface area contributed by atoms with Gasteiger partial charge in [0.15, 0.2) is 0 Å². The number of rotatable bonds is 4. The van der Waals surface area contributed by atoms with Gasteiger partial charge in [-0.2, -0.15) is 5.26 Å². The number of aromatic nitrogens is 1.